The molecule has 1 rings (SSSR count). The first-order chi connectivity index (χ1) is 10.1. The molecule has 2 atom stereocenters. The van der Waals surface area contributed by atoms with Gasteiger partial charge in [-0.3, -0.25) is 12.0 Å². The van der Waals surface area contributed by atoms with Gasteiger partial charge in [0, 0.05) is 0 Å². The summed E-state index contributed by atoms with van der Waals surface area (Å²) >= 11 is 0. The van der Waals surface area contributed by atoms with Gasteiger partial charge in [0.25, 0.3) is 0 Å². The second-order valence-corrected chi connectivity index (χ2v) is 17.7. The van der Waals surface area contributed by atoms with E-state index in [9.17, 15) is 0 Å². The summed E-state index contributed by atoms with van der Waals surface area (Å²) in [5.41, 5.74) is 2.24. The summed E-state index contributed by atoms with van der Waals surface area (Å²) in [7, 11) is -2.77. The number of allylic oxidation sites excluding steroid dienone is 2. The van der Waals surface area contributed by atoms with Gasteiger partial charge in [-0.05, 0) is 42.6 Å². The average Bonchev–Trinajstić information content (AvgIpc) is 3.13. The quantitative estimate of drug-likeness (QED) is 0.345. The Kier molecular flexibility index (Phi) is 6.26. The van der Waals surface area contributed by atoms with Crippen molar-refractivity contribution >= 4 is 18.6 Å². The molecule has 0 aromatic heterocycles. The molecule has 0 heterocycles. The predicted octanol–water partition coefficient (Wildman–Crippen LogP) is 6.75. The second kappa shape index (κ2) is 6.80. The number of rotatable bonds is 8. The topological polar surface area (TPSA) is 9.23 Å². The third-order valence-electron chi connectivity index (χ3n) is 5.50. The van der Waals surface area contributed by atoms with Crippen LogP contribution in [-0.2, 0) is 3.87 Å². The third-order valence-corrected chi connectivity index (χ3v) is 11.7. The van der Waals surface area contributed by atoms with Gasteiger partial charge >= 0.3 is 0 Å². The predicted molar refractivity (Wildman–Crippen MR) is 112 cm³/mol. The van der Waals surface area contributed by atoms with Gasteiger partial charge in [0.1, 0.15) is 0 Å². The van der Waals surface area contributed by atoms with Crippen LogP contribution in [-0.4, -0.2) is 27.1 Å². The minimum absolute atomic E-state index is 0.270. The van der Waals surface area contributed by atoms with Gasteiger partial charge in [-0.25, -0.2) is 5.20 Å². The van der Waals surface area contributed by atoms with Crippen molar-refractivity contribution in [2.24, 2.45) is 16.7 Å². The first-order valence-electron chi connectivity index (χ1n) is 9.11. The highest BCUT2D eigenvalue weighted by Gasteiger charge is 2.39. The fraction of sp³-hybridized carbons (Fsp3) is 0.850. The molecule has 1 nitrogen and oxygen atoms in total. The second-order valence-electron chi connectivity index (χ2n) is 10.1. The van der Waals surface area contributed by atoms with Gasteiger partial charge in [0.15, 0.2) is 8.32 Å². The molecule has 138 valence electrons. The Morgan fingerprint density at radius 3 is 2.00 bits per heavy atom. The summed E-state index contributed by atoms with van der Waals surface area (Å²) in [6.07, 6.45) is 11.8. The van der Waals surface area contributed by atoms with Crippen LogP contribution in [0.3, 0.4) is 0 Å². The van der Waals surface area contributed by atoms with Crippen LogP contribution in [0.1, 0.15) is 61.3 Å². The van der Waals surface area contributed by atoms with Crippen molar-refractivity contribution in [1.29, 1.82) is 0 Å². The fourth-order valence-corrected chi connectivity index (χ4v) is 11.2. The maximum Gasteiger partial charge on any atom is 0.156 e. The normalized spacial score (nSPS) is 20.8. The summed E-state index contributed by atoms with van der Waals surface area (Å²) in [5.74, 6) is 0.766. The lowest BCUT2D eigenvalue weighted by molar-refractivity contribution is 0.213. The van der Waals surface area contributed by atoms with Gasteiger partial charge < -0.3 is 3.87 Å². The molecule has 0 bridgehead atoms. The van der Waals surface area contributed by atoms with Crippen LogP contribution in [0.2, 0.25) is 12.6 Å². The zero-order valence-corrected chi connectivity index (χ0v) is 19.4. The van der Waals surface area contributed by atoms with Crippen LogP contribution in [0.25, 0.3) is 0 Å². The Morgan fingerprint density at radius 1 is 1.13 bits per heavy atom. The Labute approximate surface area is 149 Å². The van der Waals surface area contributed by atoms with Crippen molar-refractivity contribution in [2.75, 3.05) is 18.8 Å². The highest BCUT2D eigenvalue weighted by Crippen LogP contribution is 2.54. The maximum absolute atomic E-state index is 6.82. The van der Waals surface area contributed by atoms with E-state index in [0.29, 0.717) is 5.41 Å². The Bertz CT molecular complexity index is 453. The lowest BCUT2D eigenvalue weighted by atomic mass is 9.76. The molecule has 0 fully saturated rings. The average molecular weight is 358 g/mol. The fourth-order valence-electron chi connectivity index (χ4n) is 3.30. The molecular weight excluding hydrogens is 316 g/mol. The Hall–Kier alpha value is 0.137. The molecule has 0 aromatic rings. The van der Waals surface area contributed by atoms with Crippen LogP contribution < -0.4 is 0 Å². The molecule has 0 amide bonds. The SMILES string of the molecule is CCC(C)C(C)(C)CC[Si](C)(OS(C)(C)C)C1=C(C(C)(C)C)[CH-]1. The minimum Gasteiger partial charge on any atom is -0.387 e. The summed E-state index contributed by atoms with van der Waals surface area (Å²) in [6, 6.07) is 1.25. The zero-order valence-electron chi connectivity index (χ0n) is 17.6. The molecule has 2 unspecified atom stereocenters. The minimum atomic E-state index is -1.83. The molecule has 23 heavy (non-hydrogen) atoms. The molecule has 1 aliphatic rings. The molecule has 0 spiro atoms. The van der Waals surface area contributed by atoms with Gasteiger partial charge in [0.05, 0.1) is 0 Å². The van der Waals surface area contributed by atoms with Crippen LogP contribution >= 0.6 is 10.3 Å². The maximum atomic E-state index is 6.82. The van der Waals surface area contributed by atoms with Crippen molar-refractivity contribution in [3.8, 4) is 0 Å². The standard InChI is InChI=1S/C20H41OSSi/c1-12-16(2)20(6,7)13-14-23(11,21-22(8,9)10)18-15-17(18)19(3,4)5/h15-16H,12-14H2,1-11H3/q-1. The largest absolute Gasteiger partial charge is 0.387 e. The van der Waals surface area contributed by atoms with E-state index in [1.165, 1.54) is 18.9 Å². The lowest BCUT2D eigenvalue weighted by Crippen LogP contribution is -2.37. The zero-order chi connectivity index (χ0) is 18.3. The highest BCUT2D eigenvalue weighted by molar-refractivity contribution is 8.28. The molecule has 0 radical (unpaired) electrons. The number of hydrogen-bond acceptors (Lipinski definition) is 1. The van der Waals surface area contributed by atoms with Gasteiger partial charge in [0.2, 0.25) is 0 Å². The van der Waals surface area contributed by atoms with E-state index in [-0.39, 0.29) is 5.41 Å². The van der Waals surface area contributed by atoms with E-state index in [1.54, 1.807) is 10.8 Å². The molecular formula is C20H41OSSi-. The monoisotopic (exact) mass is 357 g/mol. The smallest absolute Gasteiger partial charge is 0.156 e. The first kappa shape index (κ1) is 21.2. The van der Waals surface area contributed by atoms with Crippen molar-refractivity contribution in [3.63, 3.8) is 0 Å². The Morgan fingerprint density at radius 2 is 1.65 bits per heavy atom. The van der Waals surface area contributed by atoms with Gasteiger partial charge in [-0.2, -0.15) is 10.3 Å². The summed E-state index contributed by atoms with van der Waals surface area (Å²) in [4.78, 5) is 0. The molecule has 0 saturated carbocycles. The van der Waals surface area contributed by atoms with Crippen molar-refractivity contribution < 1.29 is 3.87 Å². The van der Waals surface area contributed by atoms with Crippen LogP contribution in [0.4, 0.5) is 0 Å². The van der Waals surface area contributed by atoms with E-state index in [2.05, 4.69) is 80.2 Å². The van der Waals surface area contributed by atoms with Crippen molar-refractivity contribution in [3.05, 3.63) is 17.2 Å². The molecule has 0 saturated heterocycles. The van der Waals surface area contributed by atoms with E-state index >= 15 is 0 Å². The number of hydrogen-bond donors (Lipinski definition) is 0. The van der Waals surface area contributed by atoms with E-state index in [1.807, 2.05) is 0 Å². The molecule has 0 N–H and O–H groups in total. The lowest BCUT2D eigenvalue weighted by Gasteiger charge is -2.43. The van der Waals surface area contributed by atoms with E-state index in [4.69, 9.17) is 3.87 Å². The third kappa shape index (κ3) is 5.86. The van der Waals surface area contributed by atoms with Crippen molar-refractivity contribution in [1.82, 2.24) is 0 Å². The molecule has 0 aromatic carbocycles. The molecule has 0 aliphatic heterocycles. The van der Waals surface area contributed by atoms with Crippen LogP contribution in [0.5, 0.6) is 0 Å². The summed E-state index contributed by atoms with van der Waals surface area (Å²) in [5, 5.41) is 1.60. The summed E-state index contributed by atoms with van der Waals surface area (Å²) < 4.78 is 6.82. The van der Waals surface area contributed by atoms with Crippen LogP contribution in [0, 0.1) is 23.2 Å². The molecule has 1 aliphatic carbocycles. The first-order valence-corrected chi connectivity index (χ1v) is 14.5. The van der Waals surface area contributed by atoms with Crippen molar-refractivity contribution in [2.45, 2.75) is 73.9 Å². The summed E-state index contributed by atoms with van der Waals surface area (Å²) in [6.45, 7) is 19.0. The van der Waals surface area contributed by atoms with E-state index < -0.39 is 18.6 Å². The highest BCUT2D eigenvalue weighted by atomic mass is 32.3. The molecule has 3 heteroatoms. The Balaban J connectivity index is 2.98. The van der Waals surface area contributed by atoms with Crippen LogP contribution in [0.15, 0.2) is 10.8 Å². The van der Waals surface area contributed by atoms with Gasteiger partial charge in [-0.15, -0.1) is 0 Å². The van der Waals surface area contributed by atoms with Gasteiger partial charge in [-0.1, -0.05) is 66.8 Å². The van der Waals surface area contributed by atoms with E-state index in [0.717, 1.165) is 5.92 Å².